The van der Waals surface area contributed by atoms with Crippen LogP contribution in [-0.4, -0.2) is 5.97 Å². The van der Waals surface area contributed by atoms with Crippen molar-refractivity contribution >= 4 is 5.97 Å². The first-order valence-electron chi connectivity index (χ1n) is 6.34. The van der Waals surface area contributed by atoms with Crippen molar-refractivity contribution in [2.24, 2.45) is 0 Å². The lowest BCUT2D eigenvalue weighted by molar-refractivity contribution is -0.154. The molecule has 0 saturated carbocycles. The van der Waals surface area contributed by atoms with Crippen LogP contribution in [0.3, 0.4) is 0 Å². The molecule has 0 aromatic heterocycles. The van der Waals surface area contributed by atoms with Crippen LogP contribution in [0.1, 0.15) is 26.3 Å². The van der Waals surface area contributed by atoms with Gasteiger partial charge in [-0.15, -0.1) is 0 Å². The summed E-state index contributed by atoms with van der Waals surface area (Å²) >= 11 is 0. The number of benzene rings is 2. The van der Waals surface area contributed by atoms with Crippen LogP contribution in [0.15, 0.2) is 54.6 Å². The van der Waals surface area contributed by atoms with E-state index in [1.807, 2.05) is 44.2 Å². The third-order valence-corrected chi connectivity index (χ3v) is 3.09. The molecule has 0 aliphatic carbocycles. The van der Waals surface area contributed by atoms with E-state index < -0.39 is 5.60 Å². The summed E-state index contributed by atoms with van der Waals surface area (Å²) in [6, 6.07) is 18.3. The van der Waals surface area contributed by atoms with E-state index in [9.17, 15) is 4.79 Å². The lowest BCUT2D eigenvalue weighted by Crippen LogP contribution is -2.24. The maximum absolute atomic E-state index is 11.1. The lowest BCUT2D eigenvalue weighted by Gasteiger charge is -2.25. The molecule has 0 N–H and O–H groups in total. The molecule has 0 aliphatic heterocycles. The van der Waals surface area contributed by atoms with E-state index in [1.165, 1.54) is 12.5 Å². The second-order valence-electron chi connectivity index (χ2n) is 5.05. The van der Waals surface area contributed by atoms with Crippen molar-refractivity contribution in [1.82, 2.24) is 0 Å². The van der Waals surface area contributed by atoms with Crippen molar-refractivity contribution in [3.8, 4) is 11.1 Å². The number of esters is 1. The van der Waals surface area contributed by atoms with Crippen molar-refractivity contribution < 1.29 is 9.53 Å². The Balaban J connectivity index is 2.26. The molecule has 2 aromatic rings. The Labute approximate surface area is 114 Å². The molecule has 0 bridgehead atoms. The van der Waals surface area contributed by atoms with Crippen molar-refractivity contribution in [1.29, 1.82) is 0 Å². The molecule has 2 heteroatoms. The minimum atomic E-state index is -0.596. The molecule has 0 unspecified atom stereocenters. The van der Waals surface area contributed by atoms with Crippen molar-refractivity contribution in [3.05, 3.63) is 60.2 Å². The van der Waals surface area contributed by atoms with E-state index in [1.54, 1.807) is 0 Å². The van der Waals surface area contributed by atoms with E-state index in [0.717, 1.165) is 11.1 Å². The van der Waals surface area contributed by atoms with E-state index in [0.29, 0.717) is 0 Å². The number of carbonyl (C=O) groups is 1. The first kappa shape index (κ1) is 13.3. The highest BCUT2D eigenvalue weighted by molar-refractivity contribution is 5.67. The number of carbonyl (C=O) groups excluding carboxylic acids is 1. The van der Waals surface area contributed by atoms with Gasteiger partial charge in [0, 0.05) is 6.92 Å². The van der Waals surface area contributed by atoms with Crippen molar-refractivity contribution in [2.75, 3.05) is 0 Å². The Bertz CT molecular complexity index is 554. The number of ether oxygens (including phenoxy) is 1. The minimum Gasteiger partial charge on any atom is -0.455 e. The molecule has 2 aromatic carbocycles. The normalized spacial score (nSPS) is 11.1. The molecule has 0 atom stereocenters. The van der Waals surface area contributed by atoms with Gasteiger partial charge in [-0.25, -0.2) is 0 Å². The molecule has 0 spiro atoms. The first-order chi connectivity index (χ1) is 8.99. The maximum Gasteiger partial charge on any atom is 0.303 e. The fourth-order valence-corrected chi connectivity index (χ4v) is 2.11. The zero-order chi connectivity index (χ0) is 13.9. The smallest absolute Gasteiger partial charge is 0.303 e. The quantitative estimate of drug-likeness (QED) is 0.769. The summed E-state index contributed by atoms with van der Waals surface area (Å²) < 4.78 is 5.33. The number of hydrogen-bond donors (Lipinski definition) is 0. The van der Waals surface area contributed by atoms with E-state index in [2.05, 4.69) is 24.3 Å². The van der Waals surface area contributed by atoms with Gasteiger partial charge < -0.3 is 4.74 Å². The average molecular weight is 254 g/mol. The summed E-state index contributed by atoms with van der Waals surface area (Å²) in [5, 5.41) is 0. The van der Waals surface area contributed by atoms with Crippen molar-refractivity contribution in [2.45, 2.75) is 26.4 Å². The Hall–Kier alpha value is -2.09. The van der Waals surface area contributed by atoms with Gasteiger partial charge in [0.2, 0.25) is 0 Å². The predicted octanol–water partition coefficient (Wildman–Crippen LogP) is 4.15. The zero-order valence-electron chi connectivity index (χ0n) is 11.5. The third kappa shape index (κ3) is 3.22. The monoisotopic (exact) mass is 254 g/mol. The van der Waals surface area contributed by atoms with Gasteiger partial charge in [0.1, 0.15) is 5.60 Å². The average Bonchev–Trinajstić information content (AvgIpc) is 2.38. The second-order valence-corrected chi connectivity index (χ2v) is 5.05. The fraction of sp³-hybridized carbons (Fsp3) is 0.235. The largest absolute Gasteiger partial charge is 0.455 e. The molecule has 19 heavy (non-hydrogen) atoms. The van der Waals surface area contributed by atoms with Crippen LogP contribution >= 0.6 is 0 Å². The summed E-state index contributed by atoms with van der Waals surface area (Å²) in [7, 11) is 0. The van der Waals surface area contributed by atoms with Crippen LogP contribution < -0.4 is 0 Å². The molecule has 2 nitrogen and oxygen atoms in total. The lowest BCUT2D eigenvalue weighted by atomic mass is 9.95. The summed E-state index contributed by atoms with van der Waals surface area (Å²) in [6.07, 6.45) is 0. The Morgan fingerprint density at radius 3 is 1.95 bits per heavy atom. The second kappa shape index (κ2) is 5.27. The standard InChI is InChI=1S/C17H18O2/c1-13(18)19-17(2,3)16-11-9-15(10-12-16)14-7-5-4-6-8-14/h4-12H,1-3H3. The van der Waals surface area contributed by atoms with E-state index >= 15 is 0 Å². The van der Waals surface area contributed by atoms with Gasteiger partial charge in [-0.05, 0) is 30.5 Å². The SMILES string of the molecule is CC(=O)OC(C)(C)c1ccc(-c2ccccc2)cc1. The van der Waals surface area contributed by atoms with Gasteiger partial charge in [0.05, 0.1) is 0 Å². The highest BCUT2D eigenvalue weighted by atomic mass is 16.6. The van der Waals surface area contributed by atoms with Crippen LogP contribution in [-0.2, 0) is 15.1 Å². The maximum atomic E-state index is 11.1. The van der Waals surface area contributed by atoms with Gasteiger partial charge in [0.15, 0.2) is 0 Å². The van der Waals surface area contributed by atoms with E-state index in [4.69, 9.17) is 4.74 Å². The van der Waals surface area contributed by atoms with E-state index in [-0.39, 0.29) is 5.97 Å². The fourth-order valence-electron chi connectivity index (χ4n) is 2.11. The summed E-state index contributed by atoms with van der Waals surface area (Å²) in [5.74, 6) is -0.267. The molecule has 0 radical (unpaired) electrons. The van der Waals surface area contributed by atoms with Crippen LogP contribution in [0.4, 0.5) is 0 Å². The Kier molecular flexibility index (Phi) is 3.70. The number of hydrogen-bond acceptors (Lipinski definition) is 2. The molecule has 0 aliphatic rings. The van der Waals surface area contributed by atoms with Crippen molar-refractivity contribution in [3.63, 3.8) is 0 Å². The molecular formula is C17H18O2. The van der Waals surface area contributed by atoms with Gasteiger partial charge >= 0.3 is 5.97 Å². The molecule has 98 valence electrons. The van der Waals surface area contributed by atoms with Crippen LogP contribution in [0.2, 0.25) is 0 Å². The Morgan fingerprint density at radius 2 is 1.42 bits per heavy atom. The van der Waals surface area contributed by atoms with Gasteiger partial charge in [-0.2, -0.15) is 0 Å². The minimum absolute atomic E-state index is 0.267. The highest BCUT2D eigenvalue weighted by Gasteiger charge is 2.23. The molecule has 2 rings (SSSR count). The molecule has 0 heterocycles. The molecule has 0 fully saturated rings. The summed E-state index contributed by atoms with van der Waals surface area (Å²) in [4.78, 5) is 11.1. The Morgan fingerprint density at radius 1 is 0.895 bits per heavy atom. The number of rotatable bonds is 3. The third-order valence-electron chi connectivity index (χ3n) is 3.09. The summed E-state index contributed by atoms with van der Waals surface area (Å²) in [6.45, 7) is 5.22. The zero-order valence-corrected chi connectivity index (χ0v) is 11.5. The molecule has 0 saturated heterocycles. The van der Waals surface area contributed by atoms with Crippen LogP contribution in [0.25, 0.3) is 11.1 Å². The topological polar surface area (TPSA) is 26.3 Å². The van der Waals surface area contributed by atoms with Crippen LogP contribution in [0.5, 0.6) is 0 Å². The summed E-state index contributed by atoms with van der Waals surface area (Å²) in [5.41, 5.74) is 2.73. The first-order valence-corrected chi connectivity index (χ1v) is 6.34. The molecular weight excluding hydrogens is 236 g/mol. The van der Waals surface area contributed by atoms with Gasteiger partial charge in [-0.1, -0.05) is 54.6 Å². The van der Waals surface area contributed by atoms with Crippen LogP contribution in [0, 0.1) is 0 Å². The van der Waals surface area contributed by atoms with Gasteiger partial charge in [-0.3, -0.25) is 4.79 Å². The molecule has 0 amide bonds. The predicted molar refractivity (Wildman–Crippen MR) is 76.7 cm³/mol. The van der Waals surface area contributed by atoms with Gasteiger partial charge in [0.25, 0.3) is 0 Å². The highest BCUT2D eigenvalue weighted by Crippen LogP contribution is 2.27.